The van der Waals surface area contributed by atoms with Gasteiger partial charge >= 0.3 is 0 Å². The molecule has 20 aromatic carbocycles. The topological polar surface area (TPSA) is 6.48 Å². The average molecular weight is 1530 g/mol. The third-order valence-corrected chi connectivity index (χ3v) is 26.9. The molecule has 4 aliphatic rings. The Labute approximate surface area is 701 Å². The Balaban J connectivity index is 0.000000142. The van der Waals surface area contributed by atoms with Crippen LogP contribution in [0.15, 0.2) is 461 Å². The summed E-state index contributed by atoms with van der Waals surface area (Å²) in [4.78, 5) is 4.78. The van der Waals surface area contributed by atoms with Crippen molar-refractivity contribution in [2.75, 3.05) is 9.80 Å². The zero-order valence-corrected chi connectivity index (χ0v) is 66.8. The minimum atomic E-state index is -0.551. The largest absolute Gasteiger partial charge is 0.310 e. The molecule has 0 bridgehead atoms. The molecule has 0 amide bonds. The molecule has 0 fully saturated rings. The molecule has 564 valence electrons. The van der Waals surface area contributed by atoms with E-state index in [0.717, 1.165) is 34.1 Å². The lowest BCUT2D eigenvalue weighted by Crippen LogP contribution is -2.44. The highest BCUT2D eigenvalue weighted by atomic mass is 15.1. The highest BCUT2D eigenvalue weighted by Gasteiger charge is 2.58. The monoisotopic (exact) mass is 1530 g/mol. The van der Waals surface area contributed by atoms with Crippen LogP contribution in [0.3, 0.4) is 0 Å². The van der Waals surface area contributed by atoms with E-state index in [2.05, 4.69) is 485 Å². The third kappa shape index (κ3) is 10.5. The van der Waals surface area contributed by atoms with Gasteiger partial charge in [-0.25, -0.2) is 0 Å². The Kier molecular flexibility index (Phi) is 16.4. The van der Waals surface area contributed by atoms with Crippen LogP contribution < -0.4 is 9.80 Å². The number of hydrogen-bond donors (Lipinski definition) is 0. The van der Waals surface area contributed by atoms with E-state index in [4.69, 9.17) is 0 Å². The van der Waals surface area contributed by atoms with Crippen molar-refractivity contribution in [2.45, 2.75) is 35.5 Å². The third-order valence-electron chi connectivity index (χ3n) is 26.9. The van der Waals surface area contributed by atoms with Crippen molar-refractivity contribution >= 4 is 77.2 Å². The van der Waals surface area contributed by atoms with Crippen LogP contribution in [0.2, 0.25) is 0 Å². The SMILES string of the molecule is CC1(C)c2ccccc2C2(c3ccccc3-c3c(-c4ccc(N(c5ccc6ccccc6c5)c5ccc6ccccc6c5)cc4)cccc32)c2ccccc21.c1ccc(C2(c3ccccc3)c3ccccc3C3(c4ccccc4-c4c(-c5ccc(N(c6ccc7ccccc7c6)c6ccc7ccccc7c6)cc5)cccc43)c3ccccc32)cc1. The minimum absolute atomic E-state index is 0.120. The molecule has 0 atom stereocenters. The van der Waals surface area contributed by atoms with Gasteiger partial charge < -0.3 is 9.80 Å². The zero-order chi connectivity index (χ0) is 79.7. The maximum Gasteiger partial charge on any atom is 0.0720 e. The number of hydrogen-bond acceptors (Lipinski definition) is 2. The quantitative estimate of drug-likeness (QED) is 0.135. The van der Waals surface area contributed by atoms with E-state index in [0.29, 0.717) is 0 Å². The van der Waals surface area contributed by atoms with Crippen LogP contribution >= 0.6 is 0 Å². The summed E-state index contributed by atoms with van der Waals surface area (Å²) in [6.07, 6.45) is 0. The van der Waals surface area contributed by atoms with Gasteiger partial charge in [-0.2, -0.15) is 0 Å². The van der Waals surface area contributed by atoms with Crippen molar-refractivity contribution in [1.29, 1.82) is 0 Å². The van der Waals surface area contributed by atoms with Gasteiger partial charge in [0.25, 0.3) is 0 Å². The molecule has 0 saturated carbocycles. The maximum atomic E-state index is 2.41. The van der Waals surface area contributed by atoms with Crippen LogP contribution in [0.5, 0.6) is 0 Å². The highest BCUT2D eigenvalue weighted by molar-refractivity contribution is 6.01. The van der Waals surface area contributed by atoms with Gasteiger partial charge in [0.05, 0.1) is 16.2 Å². The van der Waals surface area contributed by atoms with Crippen molar-refractivity contribution < 1.29 is 0 Å². The van der Waals surface area contributed by atoms with Crippen molar-refractivity contribution in [1.82, 2.24) is 0 Å². The Bertz CT molecular complexity index is 7160. The summed E-state index contributed by atoms with van der Waals surface area (Å²) in [7, 11) is 0. The summed E-state index contributed by atoms with van der Waals surface area (Å²) in [6, 6.07) is 172. The zero-order valence-electron chi connectivity index (χ0n) is 66.8. The molecule has 0 saturated heterocycles. The normalized spacial score (nSPS) is 14.0. The fraction of sp³-hybridized carbons (Fsp3) is 0.0508. The molecule has 0 radical (unpaired) electrons. The molecule has 20 aromatic rings. The van der Waals surface area contributed by atoms with Gasteiger partial charge in [-0.15, -0.1) is 0 Å². The Morgan fingerprint density at radius 1 is 0.158 bits per heavy atom. The first-order chi connectivity index (χ1) is 59.3. The molecule has 2 nitrogen and oxygen atoms in total. The second-order valence-corrected chi connectivity index (χ2v) is 33.2. The second-order valence-electron chi connectivity index (χ2n) is 33.2. The molecular formula is C118H82N2. The van der Waals surface area contributed by atoms with E-state index < -0.39 is 16.2 Å². The molecule has 24 rings (SSSR count). The van der Waals surface area contributed by atoms with E-state index in [1.54, 1.807) is 0 Å². The van der Waals surface area contributed by atoms with Crippen molar-refractivity contribution in [3.63, 3.8) is 0 Å². The predicted molar refractivity (Wildman–Crippen MR) is 502 cm³/mol. The molecule has 0 aliphatic heterocycles. The first-order valence-corrected chi connectivity index (χ1v) is 42.0. The van der Waals surface area contributed by atoms with Crippen molar-refractivity contribution in [3.8, 4) is 44.5 Å². The van der Waals surface area contributed by atoms with Gasteiger partial charge in [0.1, 0.15) is 0 Å². The van der Waals surface area contributed by atoms with Gasteiger partial charge in [-0.1, -0.05) is 402 Å². The fourth-order valence-corrected chi connectivity index (χ4v) is 21.8. The van der Waals surface area contributed by atoms with Crippen LogP contribution in [-0.4, -0.2) is 0 Å². The highest BCUT2D eigenvalue weighted by Crippen LogP contribution is 2.67. The molecule has 2 heteroatoms. The molecule has 0 unspecified atom stereocenters. The van der Waals surface area contributed by atoms with Gasteiger partial charge in [-0.3, -0.25) is 0 Å². The lowest BCUT2D eigenvalue weighted by molar-refractivity contribution is 0.563. The summed E-state index contributed by atoms with van der Waals surface area (Å²) in [5.74, 6) is 0. The average Bonchev–Trinajstić information content (AvgIpc) is 1.68. The summed E-state index contributed by atoms with van der Waals surface area (Å²) in [5.41, 5.74) is 34.0. The summed E-state index contributed by atoms with van der Waals surface area (Å²) >= 11 is 0. The minimum Gasteiger partial charge on any atom is -0.310 e. The van der Waals surface area contributed by atoms with Gasteiger partial charge in [0, 0.05) is 39.5 Å². The number of nitrogens with zero attached hydrogens (tertiary/aromatic N) is 2. The predicted octanol–water partition coefficient (Wildman–Crippen LogP) is 30.3. The molecular weight excluding hydrogens is 1450 g/mol. The van der Waals surface area contributed by atoms with E-state index in [9.17, 15) is 0 Å². The van der Waals surface area contributed by atoms with Gasteiger partial charge in [0.15, 0.2) is 0 Å². The molecule has 4 aliphatic carbocycles. The van der Waals surface area contributed by atoms with Crippen LogP contribution in [-0.2, 0) is 21.7 Å². The lowest BCUT2D eigenvalue weighted by Gasteiger charge is -2.50. The second kappa shape index (κ2) is 27.9. The lowest BCUT2D eigenvalue weighted by atomic mass is 9.51. The van der Waals surface area contributed by atoms with Crippen molar-refractivity contribution in [3.05, 3.63) is 539 Å². The molecule has 0 heterocycles. The molecule has 0 aromatic heterocycles. The summed E-state index contributed by atoms with van der Waals surface area (Å²) < 4.78 is 0. The summed E-state index contributed by atoms with van der Waals surface area (Å²) in [6.45, 7) is 4.77. The molecule has 120 heavy (non-hydrogen) atoms. The Morgan fingerprint density at radius 3 is 0.717 bits per heavy atom. The van der Waals surface area contributed by atoms with Crippen molar-refractivity contribution in [2.24, 2.45) is 0 Å². The molecule has 2 spiro atoms. The van der Waals surface area contributed by atoms with Gasteiger partial charge in [-0.05, 0) is 238 Å². The number of fused-ring (bicyclic) bond motifs is 22. The van der Waals surface area contributed by atoms with E-state index in [1.807, 2.05) is 0 Å². The number of benzene rings is 20. The Morgan fingerprint density at radius 2 is 0.392 bits per heavy atom. The summed E-state index contributed by atoms with van der Waals surface area (Å²) in [5, 5.41) is 9.83. The van der Waals surface area contributed by atoms with Crippen LogP contribution in [0.1, 0.15) is 91.7 Å². The van der Waals surface area contributed by atoms with E-state index in [1.165, 1.54) is 165 Å². The van der Waals surface area contributed by atoms with E-state index >= 15 is 0 Å². The van der Waals surface area contributed by atoms with Crippen LogP contribution in [0.4, 0.5) is 34.1 Å². The molecule has 0 N–H and O–H groups in total. The number of rotatable bonds is 10. The van der Waals surface area contributed by atoms with Crippen LogP contribution in [0.25, 0.3) is 87.6 Å². The smallest absolute Gasteiger partial charge is 0.0720 e. The van der Waals surface area contributed by atoms with Crippen LogP contribution in [0, 0.1) is 0 Å². The standard InChI is InChI=1S/C64H43N.C54H39N/c1-3-22-49(23-4-1)63(50-24-5-2-6-25-50)57-29-13-15-31-59(57)64(60-32-16-14-30-58(60)63)56-28-12-11-26-55(56)62-54(27-17-33-61(62)64)46-36-38-51(39-37-46)65(52-40-34-44-18-7-9-20-47(44)42-52)53-41-35-45-19-8-10-21-48(45)43-53;1-53(2)47-21-9-11-23-49(47)54(50-24-12-10-22-48(50)53)46-20-8-7-18-45(46)52-44(19-13-25-51(52)54)38-28-30-41(31-29-38)55(42-32-26-36-14-3-5-16-39(36)34-42)43-33-27-37-15-4-6-17-40(37)35-43/h1-43H;3-35H,1-2H3. The Hall–Kier alpha value is -15.0. The van der Waals surface area contributed by atoms with E-state index in [-0.39, 0.29) is 5.41 Å². The first kappa shape index (κ1) is 70.4. The maximum absolute atomic E-state index is 2.41. The first-order valence-electron chi connectivity index (χ1n) is 42.0. The number of anilines is 6. The van der Waals surface area contributed by atoms with Gasteiger partial charge in [0.2, 0.25) is 0 Å². The fourth-order valence-electron chi connectivity index (χ4n) is 21.8.